The third-order valence-electron chi connectivity index (χ3n) is 5.57. The van der Waals surface area contributed by atoms with Crippen molar-refractivity contribution in [2.24, 2.45) is 0 Å². The predicted octanol–water partition coefficient (Wildman–Crippen LogP) is 5.31. The standard InChI is InChI=1S/C26H22N2O6S/c1-2-33-26(32)22-19-5-3-4-6-21(19)35-24(22)28-23(29)17(14-27)13-18-11-12-20(34-18)15-7-9-16(10-8-15)25(30)31/h7-13H,2-6H2,1H3,(H,28,29)(H,30,31)/b17-13+. The Kier molecular flexibility index (Phi) is 7.13. The molecular weight excluding hydrogens is 468 g/mol. The van der Waals surface area contributed by atoms with Crippen molar-refractivity contribution in [3.8, 4) is 17.4 Å². The summed E-state index contributed by atoms with van der Waals surface area (Å²) < 4.78 is 10.9. The van der Waals surface area contributed by atoms with Gasteiger partial charge in [0.25, 0.3) is 5.91 Å². The van der Waals surface area contributed by atoms with Gasteiger partial charge in [0.05, 0.1) is 17.7 Å². The lowest BCUT2D eigenvalue weighted by Gasteiger charge is -2.12. The first-order valence-corrected chi connectivity index (χ1v) is 11.9. The number of thiophene rings is 1. The molecule has 1 aliphatic rings. The van der Waals surface area contributed by atoms with Crippen LogP contribution in [-0.2, 0) is 22.4 Å². The number of hydrogen-bond donors (Lipinski definition) is 2. The van der Waals surface area contributed by atoms with Gasteiger partial charge in [-0.25, -0.2) is 9.59 Å². The molecule has 0 bridgehead atoms. The molecule has 0 atom stereocenters. The SMILES string of the molecule is CCOC(=O)c1c(NC(=O)/C(C#N)=C/c2ccc(-c3ccc(C(=O)O)cc3)o2)sc2c1CCCC2. The summed E-state index contributed by atoms with van der Waals surface area (Å²) in [5.74, 6) is -1.41. The molecule has 0 saturated carbocycles. The molecule has 0 unspecified atom stereocenters. The van der Waals surface area contributed by atoms with Crippen LogP contribution in [0.15, 0.2) is 46.4 Å². The maximum Gasteiger partial charge on any atom is 0.341 e. The van der Waals surface area contributed by atoms with Crippen molar-refractivity contribution in [1.82, 2.24) is 0 Å². The van der Waals surface area contributed by atoms with Gasteiger partial charge in [-0.2, -0.15) is 5.26 Å². The topological polar surface area (TPSA) is 130 Å². The molecule has 0 fully saturated rings. The number of ether oxygens (including phenoxy) is 1. The highest BCUT2D eigenvalue weighted by atomic mass is 32.1. The van der Waals surface area contributed by atoms with Crippen molar-refractivity contribution in [2.75, 3.05) is 11.9 Å². The van der Waals surface area contributed by atoms with E-state index in [1.54, 1.807) is 31.2 Å². The highest BCUT2D eigenvalue weighted by molar-refractivity contribution is 7.17. The molecule has 8 nitrogen and oxygen atoms in total. The van der Waals surface area contributed by atoms with Gasteiger partial charge in [0, 0.05) is 16.5 Å². The fourth-order valence-electron chi connectivity index (χ4n) is 3.90. The molecule has 1 amide bonds. The van der Waals surface area contributed by atoms with E-state index >= 15 is 0 Å². The molecule has 0 aliphatic heterocycles. The van der Waals surface area contributed by atoms with Gasteiger partial charge in [0.15, 0.2) is 0 Å². The maximum absolute atomic E-state index is 12.9. The summed E-state index contributed by atoms with van der Waals surface area (Å²) in [6.45, 7) is 1.95. The van der Waals surface area contributed by atoms with E-state index in [9.17, 15) is 19.6 Å². The minimum atomic E-state index is -1.03. The van der Waals surface area contributed by atoms with Crippen molar-refractivity contribution < 1.29 is 28.6 Å². The Balaban J connectivity index is 1.57. The zero-order chi connectivity index (χ0) is 24.9. The van der Waals surface area contributed by atoms with Gasteiger partial charge < -0.3 is 19.6 Å². The summed E-state index contributed by atoms with van der Waals surface area (Å²) in [7, 11) is 0. The van der Waals surface area contributed by atoms with Crippen LogP contribution in [0.25, 0.3) is 17.4 Å². The van der Waals surface area contributed by atoms with E-state index in [0.29, 0.717) is 21.9 Å². The summed E-state index contributed by atoms with van der Waals surface area (Å²) in [6.07, 6.45) is 4.90. The molecule has 2 N–H and O–H groups in total. The molecule has 0 spiro atoms. The van der Waals surface area contributed by atoms with E-state index < -0.39 is 17.8 Å². The van der Waals surface area contributed by atoms with Crippen molar-refractivity contribution in [3.05, 3.63) is 69.3 Å². The molecule has 0 saturated heterocycles. The number of aromatic carboxylic acids is 1. The van der Waals surface area contributed by atoms with Gasteiger partial charge >= 0.3 is 11.9 Å². The average Bonchev–Trinajstić information content (AvgIpc) is 3.47. The first kappa shape index (κ1) is 24.0. The monoisotopic (exact) mass is 490 g/mol. The lowest BCUT2D eigenvalue weighted by atomic mass is 9.95. The number of nitrogens with one attached hydrogen (secondary N) is 1. The van der Waals surface area contributed by atoms with Crippen molar-refractivity contribution in [2.45, 2.75) is 32.6 Å². The lowest BCUT2D eigenvalue weighted by molar-refractivity contribution is -0.112. The number of furan rings is 1. The number of hydrogen-bond acceptors (Lipinski definition) is 7. The van der Waals surface area contributed by atoms with Gasteiger partial charge in [-0.3, -0.25) is 4.79 Å². The van der Waals surface area contributed by atoms with E-state index in [1.807, 2.05) is 6.07 Å². The number of rotatable bonds is 7. The average molecular weight is 491 g/mol. The van der Waals surface area contributed by atoms with Crippen LogP contribution in [0, 0.1) is 11.3 Å². The highest BCUT2D eigenvalue weighted by Crippen LogP contribution is 2.39. The van der Waals surface area contributed by atoms with Crippen LogP contribution in [0.5, 0.6) is 0 Å². The van der Waals surface area contributed by atoms with Crippen LogP contribution in [0.4, 0.5) is 5.00 Å². The number of amides is 1. The Morgan fingerprint density at radius 3 is 2.60 bits per heavy atom. The quantitative estimate of drug-likeness (QED) is 0.261. The minimum Gasteiger partial charge on any atom is -0.478 e. The van der Waals surface area contributed by atoms with Gasteiger partial charge in [-0.15, -0.1) is 11.3 Å². The normalized spacial score (nSPS) is 13.0. The van der Waals surface area contributed by atoms with Crippen molar-refractivity contribution in [3.63, 3.8) is 0 Å². The van der Waals surface area contributed by atoms with Gasteiger partial charge in [0.2, 0.25) is 0 Å². The van der Waals surface area contributed by atoms with E-state index in [0.717, 1.165) is 36.1 Å². The molecule has 4 rings (SSSR count). The maximum atomic E-state index is 12.9. The second kappa shape index (κ2) is 10.4. The Morgan fingerprint density at radius 1 is 1.17 bits per heavy atom. The largest absolute Gasteiger partial charge is 0.478 e. The molecule has 0 radical (unpaired) electrons. The molecule has 1 aliphatic carbocycles. The number of nitriles is 1. The number of carbonyl (C=O) groups excluding carboxylic acids is 2. The fourth-order valence-corrected chi connectivity index (χ4v) is 5.17. The van der Waals surface area contributed by atoms with Crippen LogP contribution in [0.1, 0.15) is 56.7 Å². The number of carboxylic acids is 1. The van der Waals surface area contributed by atoms with Crippen LogP contribution < -0.4 is 5.32 Å². The van der Waals surface area contributed by atoms with Crippen LogP contribution in [0.3, 0.4) is 0 Å². The Bertz CT molecular complexity index is 1360. The Labute approximate surface area is 205 Å². The molecule has 9 heteroatoms. The number of benzene rings is 1. The lowest BCUT2D eigenvalue weighted by Crippen LogP contribution is -2.16. The summed E-state index contributed by atoms with van der Waals surface area (Å²) in [6, 6.07) is 11.3. The van der Waals surface area contributed by atoms with Gasteiger partial charge in [-0.05, 0) is 62.4 Å². The van der Waals surface area contributed by atoms with Crippen LogP contribution in [-0.4, -0.2) is 29.6 Å². The first-order chi connectivity index (χ1) is 16.9. The number of aryl methyl sites for hydroxylation is 1. The molecule has 2 heterocycles. The second-order valence-electron chi connectivity index (χ2n) is 7.84. The Hall–Kier alpha value is -4.16. The summed E-state index contributed by atoms with van der Waals surface area (Å²) in [5.41, 5.74) is 1.92. The van der Waals surface area contributed by atoms with E-state index in [-0.39, 0.29) is 23.5 Å². The van der Waals surface area contributed by atoms with E-state index in [4.69, 9.17) is 14.3 Å². The number of carbonyl (C=O) groups is 3. The number of anilines is 1. The molecule has 178 valence electrons. The summed E-state index contributed by atoms with van der Waals surface area (Å²) >= 11 is 1.35. The zero-order valence-electron chi connectivity index (χ0n) is 18.9. The molecule has 1 aromatic carbocycles. The molecule has 2 aromatic heterocycles. The van der Waals surface area contributed by atoms with Gasteiger partial charge in [0.1, 0.15) is 28.2 Å². The van der Waals surface area contributed by atoms with E-state index in [2.05, 4.69) is 5.32 Å². The first-order valence-electron chi connectivity index (χ1n) is 11.1. The van der Waals surface area contributed by atoms with Crippen LogP contribution in [0.2, 0.25) is 0 Å². The smallest absolute Gasteiger partial charge is 0.341 e. The predicted molar refractivity (Wildman–Crippen MR) is 130 cm³/mol. The number of esters is 1. The van der Waals surface area contributed by atoms with Crippen LogP contribution >= 0.6 is 11.3 Å². The fraction of sp³-hybridized carbons (Fsp3) is 0.231. The number of carboxylic acid groups (broad SMARTS) is 1. The third-order valence-corrected chi connectivity index (χ3v) is 6.78. The molecule has 35 heavy (non-hydrogen) atoms. The number of fused-ring (bicyclic) bond motifs is 1. The second-order valence-corrected chi connectivity index (χ2v) is 8.95. The van der Waals surface area contributed by atoms with Gasteiger partial charge in [-0.1, -0.05) is 12.1 Å². The molecule has 3 aromatic rings. The Morgan fingerprint density at radius 2 is 1.91 bits per heavy atom. The summed E-state index contributed by atoms with van der Waals surface area (Å²) in [5, 5.41) is 21.7. The molecular formula is C26H22N2O6S. The zero-order valence-corrected chi connectivity index (χ0v) is 19.7. The number of nitrogens with zero attached hydrogens (tertiary/aromatic N) is 1. The van der Waals surface area contributed by atoms with Crippen molar-refractivity contribution >= 4 is 40.3 Å². The minimum absolute atomic E-state index is 0.154. The third kappa shape index (κ3) is 5.18. The summed E-state index contributed by atoms with van der Waals surface area (Å²) in [4.78, 5) is 37.6. The highest BCUT2D eigenvalue weighted by Gasteiger charge is 2.28. The van der Waals surface area contributed by atoms with Crippen molar-refractivity contribution in [1.29, 1.82) is 5.26 Å². The van der Waals surface area contributed by atoms with E-state index in [1.165, 1.54) is 29.5 Å².